The average Bonchev–Trinajstić information content (AvgIpc) is 2.85. The Morgan fingerprint density at radius 1 is 1.47 bits per heavy atom. The van der Waals surface area contributed by atoms with E-state index in [1.165, 1.54) is 12.4 Å². The highest BCUT2D eigenvalue weighted by Gasteiger charge is 2.11. The molecule has 19 heavy (non-hydrogen) atoms. The van der Waals surface area contributed by atoms with Crippen molar-refractivity contribution in [1.82, 2.24) is 9.55 Å². The molecule has 0 saturated heterocycles. The predicted octanol–water partition coefficient (Wildman–Crippen LogP) is 3.52. The van der Waals surface area contributed by atoms with E-state index in [9.17, 15) is 8.78 Å². The van der Waals surface area contributed by atoms with Crippen molar-refractivity contribution in [2.75, 3.05) is 5.32 Å². The molecule has 1 aromatic heterocycles. The van der Waals surface area contributed by atoms with Gasteiger partial charge in [-0.25, -0.2) is 4.98 Å². The van der Waals surface area contributed by atoms with Crippen LogP contribution in [0.4, 0.5) is 14.5 Å². The lowest BCUT2D eigenvalue weighted by Gasteiger charge is -2.10. The van der Waals surface area contributed by atoms with Gasteiger partial charge in [0.1, 0.15) is 11.9 Å². The van der Waals surface area contributed by atoms with Gasteiger partial charge in [0.15, 0.2) is 0 Å². The topological polar surface area (TPSA) is 53.6 Å². The third kappa shape index (κ3) is 3.09. The minimum absolute atomic E-state index is 0.119. The van der Waals surface area contributed by atoms with Crippen LogP contribution in [0, 0.1) is 11.3 Å². The first-order chi connectivity index (χ1) is 9.11. The number of nitriles is 1. The van der Waals surface area contributed by atoms with Crippen molar-refractivity contribution in [3.63, 3.8) is 0 Å². The summed E-state index contributed by atoms with van der Waals surface area (Å²) in [7, 11) is 0. The van der Waals surface area contributed by atoms with Crippen LogP contribution in [0.15, 0.2) is 35.1 Å². The van der Waals surface area contributed by atoms with Gasteiger partial charge in [0.05, 0.1) is 17.8 Å². The number of nitrogens with zero attached hydrogens (tertiary/aromatic N) is 3. The molecule has 0 atom stereocenters. The second-order valence-corrected chi connectivity index (χ2v) is 4.60. The average molecular weight is 327 g/mol. The van der Waals surface area contributed by atoms with E-state index in [2.05, 4.69) is 26.2 Å². The maximum atomic E-state index is 12.6. The largest absolute Gasteiger partial charge is 0.377 e. The zero-order valence-corrected chi connectivity index (χ0v) is 11.2. The number of nitrogens with one attached hydrogen (secondary N) is 1. The fourth-order valence-corrected chi connectivity index (χ4v) is 1.96. The maximum absolute atomic E-state index is 12.6. The molecule has 0 bridgehead atoms. The molecule has 1 aromatic carbocycles. The molecule has 0 saturated carbocycles. The first-order valence-corrected chi connectivity index (χ1v) is 6.14. The summed E-state index contributed by atoms with van der Waals surface area (Å²) < 4.78 is 26.8. The summed E-state index contributed by atoms with van der Waals surface area (Å²) in [5.41, 5.74) is 1.01. The summed E-state index contributed by atoms with van der Waals surface area (Å²) in [4.78, 5) is 3.85. The van der Waals surface area contributed by atoms with Gasteiger partial charge in [-0.1, -0.05) is 15.9 Å². The molecule has 4 nitrogen and oxygen atoms in total. The van der Waals surface area contributed by atoms with Crippen LogP contribution < -0.4 is 5.32 Å². The number of hydrogen-bond donors (Lipinski definition) is 1. The molecule has 0 radical (unpaired) electrons. The molecule has 0 unspecified atom stereocenters. The van der Waals surface area contributed by atoms with Crippen LogP contribution in [-0.4, -0.2) is 9.55 Å². The van der Waals surface area contributed by atoms with Gasteiger partial charge < -0.3 is 5.32 Å². The van der Waals surface area contributed by atoms with Crippen molar-refractivity contribution in [3.8, 4) is 6.07 Å². The highest BCUT2D eigenvalue weighted by atomic mass is 79.9. The number of benzene rings is 1. The van der Waals surface area contributed by atoms with Gasteiger partial charge in [-0.2, -0.15) is 14.0 Å². The number of anilines is 1. The molecule has 0 aliphatic rings. The number of rotatable bonds is 4. The summed E-state index contributed by atoms with van der Waals surface area (Å²) in [5, 5.41) is 11.9. The fourth-order valence-electron chi connectivity index (χ4n) is 1.60. The molecule has 2 rings (SSSR count). The number of halogens is 3. The molecule has 1 heterocycles. The van der Waals surface area contributed by atoms with Gasteiger partial charge in [-0.15, -0.1) is 0 Å². The lowest BCUT2D eigenvalue weighted by atomic mass is 10.2. The highest BCUT2D eigenvalue weighted by molar-refractivity contribution is 9.10. The Kier molecular flexibility index (Phi) is 4.12. The van der Waals surface area contributed by atoms with Gasteiger partial charge in [0, 0.05) is 16.9 Å². The van der Waals surface area contributed by atoms with E-state index in [1.807, 2.05) is 6.07 Å². The number of alkyl halides is 2. The van der Waals surface area contributed by atoms with Crippen molar-refractivity contribution in [3.05, 3.63) is 46.5 Å². The Morgan fingerprint density at radius 3 is 2.95 bits per heavy atom. The third-order valence-corrected chi connectivity index (χ3v) is 2.99. The second kappa shape index (κ2) is 5.80. The van der Waals surface area contributed by atoms with Crippen molar-refractivity contribution in [1.29, 1.82) is 5.26 Å². The lowest BCUT2D eigenvalue weighted by Crippen LogP contribution is -2.09. The van der Waals surface area contributed by atoms with Crippen molar-refractivity contribution in [2.45, 2.75) is 13.1 Å². The summed E-state index contributed by atoms with van der Waals surface area (Å²) in [6, 6.07) is 7.16. The van der Waals surface area contributed by atoms with Gasteiger partial charge in [0.2, 0.25) is 0 Å². The van der Waals surface area contributed by atoms with Crippen LogP contribution >= 0.6 is 15.9 Å². The van der Waals surface area contributed by atoms with Crippen LogP contribution in [-0.2, 0) is 6.54 Å². The van der Waals surface area contributed by atoms with E-state index in [0.29, 0.717) is 11.3 Å². The number of aromatic nitrogens is 2. The standard InChI is InChI=1S/C12H9BrF2N4/c13-9-1-2-10(8(5-9)6-16)18-7-11-17-3-4-19(11)12(14)15/h1-5,12,18H,7H2. The molecule has 0 fully saturated rings. The van der Waals surface area contributed by atoms with Gasteiger partial charge >= 0.3 is 6.55 Å². The molecule has 0 aliphatic heterocycles. The number of hydrogen-bond acceptors (Lipinski definition) is 3. The minimum atomic E-state index is -2.63. The monoisotopic (exact) mass is 326 g/mol. The van der Waals surface area contributed by atoms with Crippen LogP contribution in [0.2, 0.25) is 0 Å². The summed E-state index contributed by atoms with van der Waals surface area (Å²) in [6.45, 7) is -2.51. The first kappa shape index (κ1) is 13.5. The van der Waals surface area contributed by atoms with E-state index in [4.69, 9.17) is 5.26 Å². The normalized spacial score (nSPS) is 10.5. The molecule has 1 N–H and O–H groups in total. The highest BCUT2D eigenvalue weighted by Crippen LogP contribution is 2.21. The van der Waals surface area contributed by atoms with Gasteiger partial charge in [-0.3, -0.25) is 4.57 Å². The van der Waals surface area contributed by atoms with Crippen molar-refractivity contribution >= 4 is 21.6 Å². The zero-order chi connectivity index (χ0) is 13.8. The Balaban J connectivity index is 2.15. The minimum Gasteiger partial charge on any atom is -0.377 e. The van der Waals surface area contributed by atoms with Crippen LogP contribution in [0.5, 0.6) is 0 Å². The van der Waals surface area contributed by atoms with Crippen molar-refractivity contribution < 1.29 is 8.78 Å². The Hall–Kier alpha value is -1.94. The number of imidazole rings is 1. The Morgan fingerprint density at radius 2 is 2.26 bits per heavy atom. The molecule has 7 heteroatoms. The second-order valence-electron chi connectivity index (χ2n) is 3.68. The molecular weight excluding hydrogens is 318 g/mol. The van der Waals surface area contributed by atoms with Crippen LogP contribution in [0.3, 0.4) is 0 Å². The predicted molar refractivity (Wildman–Crippen MR) is 69.7 cm³/mol. The summed E-state index contributed by atoms with van der Waals surface area (Å²) in [5.74, 6) is 0.210. The third-order valence-electron chi connectivity index (χ3n) is 2.50. The summed E-state index contributed by atoms with van der Waals surface area (Å²) >= 11 is 3.26. The lowest BCUT2D eigenvalue weighted by molar-refractivity contribution is 0.0673. The van der Waals surface area contributed by atoms with E-state index >= 15 is 0 Å². The van der Waals surface area contributed by atoms with Gasteiger partial charge in [-0.05, 0) is 18.2 Å². The quantitative estimate of drug-likeness (QED) is 0.935. The summed E-state index contributed by atoms with van der Waals surface area (Å²) in [6.07, 6.45) is 2.53. The van der Waals surface area contributed by atoms with Crippen LogP contribution in [0.25, 0.3) is 0 Å². The fraction of sp³-hybridized carbons (Fsp3) is 0.167. The molecule has 98 valence electrons. The molecule has 0 spiro atoms. The van der Waals surface area contributed by atoms with Crippen molar-refractivity contribution in [2.24, 2.45) is 0 Å². The first-order valence-electron chi connectivity index (χ1n) is 5.35. The van der Waals surface area contributed by atoms with Crippen LogP contribution in [0.1, 0.15) is 17.9 Å². The smallest absolute Gasteiger partial charge is 0.319 e. The zero-order valence-electron chi connectivity index (χ0n) is 9.65. The van der Waals surface area contributed by atoms with Gasteiger partial charge in [0.25, 0.3) is 0 Å². The van der Waals surface area contributed by atoms with E-state index in [1.54, 1.807) is 18.2 Å². The van der Waals surface area contributed by atoms with E-state index in [0.717, 1.165) is 9.04 Å². The molecule has 0 amide bonds. The Labute approximate surface area is 116 Å². The SMILES string of the molecule is N#Cc1cc(Br)ccc1NCc1nccn1C(F)F. The molecule has 0 aliphatic carbocycles. The van der Waals surface area contributed by atoms with E-state index in [-0.39, 0.29) is 12.4 Å². The molecular formula is C12H9BrF2N4. The Bertz CT molecular complexity index is 618. The van der Waals surface area contributed by atoms with E-state index < -0.39 is 6.55 Å². The maximum Gasteiger partial charge on any atom is 0.319 e. The molecule has 2 aromatic rings.